The average molecular weight is 625 g/mol. The summed E-state index contributed by atoms with van der Waals surface area (Å²) in [5.74, 6) is 0.372. The molecule has 0 aliphatic carbocycles. The Bertz CT molecular complexity index is 1470. The van der Waals surface area contributed by atoms with Gasteiger partial charge in [0, 0.05) is 55.4 Å². The number of hydrogen-bond acceptors (Lipinski definition) is 5. The number of carbonyl (C=O) groups excluding carboxylic acids is 1. The number of amidine groups is 1. The highest BCUT2D eigenvalue weighted by Gasteiger charge is 2.45. The maximum absolute atomic E-state index is 14.7. The summed E-state index contributed by atoms with van der Waals surface area (Å²) >= 11 is 12.5. The van der Waals surface area contributed by atoms with E-state index in [-0.39, 0.29) is 12.1 Å². The van der Waals surface area contributed by atoms with Crippen LogP contribution in [0.3, 0.4) is 0 Å². The number of rotatable bonds is 6. The summed E-state index contributed by atoms with van der Waals surface area (Å²) < 4.78 is 20.6. The van der Waals surface area contributed by atoms with E-state index in [9.17, 15) is 9.18 Å². The lowest BCUT2D eigenvalue weighted by atomic mass is 9.93. The summed E-state index contributed by atoms with van der Waals surface area (Å²) in [5.41, 5.74) is 2.36. The molecule has 2 atom stereocenters. The van der Waals surface area contributed by atoms with Gasteiger partial charge in [0.25, 0.3) is 0 Å². The lowest BCUT2D eigenvalue weighted by Gasteiger charge is -2.41. The first-order valence-electron chi connectivity index (χ1n) is 14.9. The molecule has 0 saturated carbocycles. The van der Waals surface area contributed by atoms with Gasteiger partial charge in [0.15, 0.2) is 0 Å². The normalized spacial score (nSPS) is 21.5. The molecule has 0 aromatic heterocycles. The van der Waals surface area contributed by atoms with Gasteiger partial charge in [-0.3, -0.25) is 9.89 Å². The number of nitrogens with zero attached hydrogens (tertiary/aromatic N) is 5. The molecule has 43 heavy (non-hydrogen) atoms. The van der Waals surface area contributed by atoms with E-state index in [1.807, 2.05) is 67.3 Å². The summed E-state index contributed by atoms with van der Waals surface area (Å²) in [6.45, 7) is 8.66. The molecule has 10 heteroatoms. The zero-order valence-corrected chi connectivity index (χ0v) is 25.9. The van der Waals surface area contributed by atoms with Crippen molar-refractivity contribution in [3.8, 4) is 5.75 Å². The number of carbonyl (C=O) groups is 1. The summed E-state index contributed by atoms with van der Waals surface area (Å²) in [7, 11) is 0. The Morgan fingerprint density at radius 3 is 2.02 bits per heavy atom. The molecule has 0 radical (unpaired) electrons. The second-order valence-electron chi connectivity index (χ2n) is 11.5. The first-order valence-corrected chi connectivity index (χ1v) is 15.7. The fraction of sp³-hybridized carbons (Fsp3) is 0.394. The van der Waals surface area contributed by atoms with Gasteiger partial charge in [0.1, 0.15) is 23.4 Å². The van der Waals surface area contributed by atoms with Gasteiger partial charge in [-0.15, -0.1) is 0 Å². The van der Waals surface area contributed by atoms with Crippen molar-refractivity contribution in [2.45, 2.75) is 44.9 Å². The lowest BCUT2D eigenvalue weighted by Crippen LogP contribution is -2.57. The maximum atomic E-state index is 14.7. The summed E-state index contributed by atoms with van der Waals surface area (Å²) in [6.07, 6.45) is 2.21. The number of halogens is 3. The zero-order valence-electron chi connectivity index (χ0n) is 24.4. The van der Waals surface area contributed by atoms with Crippen LogP contribution >= 0.6 is 23.2 Å². The Morgan fingerprint density at radius 2 is 1.42 bits per heavy atom. The number of aliphatic imine (C=N–C) groups is 1. The van der Waals surface area contributed by atoms with Gasteiger partial charge in [-0.25, -0.2) is 19.2 Å². The van der Waals surface area contributed by atoms with E-state index in [0.29, 0.717) is 40.3 Å². The van der Waals surface area contributed by atoms with E-state index >= 15 is 0 Å². The van der Waals surface area contributed by atoms with Gasteiger partial charge in [0.05, 0.1) is 17.7 Å². The third-order valence-electron chi connectivity index (χ3n) is 8.25. The number of piperazine rings is 1. The third kappa shape index (κ3) is 6.38. The van der Waals surface area contributed by atoms with E-state index in [0.717, 1.165) is 37.3 Å². The van der Waals surface area contributed by atoms with E-state index in [4.69, 9.17) is 32.9 Å². The highest BCUT2D eigenvalue weighted by molar-refractivity contribution is 6.30. The Morgan fingerprint density at radius 1 is 0.837 bits per heavy atom. The molecule has 7 nitrogen and oxygen atoms in total. The summed E-state index contributed by atoms with van der Waals surface area (Å²) in [4.78, 5) is 23.6. The number of amides is 2. The molecule has 2 saturated heterocycles. The van der Waals surface area contributed by atoms with Gasteiger partial charge >= 0.3 is 6.03 Å². The Hall–Kier alpha value is -3.17. The number of benzene rings is 3. The van der Waals surface area contributed by atoms with Crippen LogP contribution in [0.15, 0.2) is 71.7 Å². The van der Waals surface area contributed by atoms with E-state index in [1.165, 1.54) is 25.0 Å². The van der Waals surface area contributed by atoms with Crippen molar-refractivity contribution in [1.82, 2.24) is 19.8 Å². The quantitative estimate of drug-likeness (QED) is 0.291. The first-order chi connectivity index (χ1) is 20.8. The van der Waals surface area contributed by atoms with Crippen molar-refractivity contribution in [2.24, 2.45) is 4.99 Å². The molecule has 2 unspecified atom stereocenters. The highest BCUT2D eigenvalue weighted by atomic mass is 35.5. The zero-order chi connectivity index (χ0) is 30.1. The molecule has 0 bridgehead atoms. The fourth-order valence-corrected chi connectivity index (χ4v) is 6.44. The van der Waals surface area contributed by atoms with E-state index in [2.05, 4.69) is 10.0 Å². The fourth-order valence-electron chi connectivity index (χ4n) is 6.19. The summed E-state index contributed by atoms with van der Waals surface area (Å²) in [5, 5.41) is 6.00. The third-order valence-corrected chi connectivity index (χ3v) is 8.76. The van der Waals surface area contributed by atoms with E-state index in [1.54, 1.807) is 11.0 Å². The van der Waals surface area contributed by atoms with Crippen LogP contribution in [0.2, 0.25) is 10.0 Å². The highest BCUT2D eigenvalue weighted by Crippen LogP contribution is 2.45. The minimum Gasteiger partial charge on any atom is -0.490 e. The van der Waals surface area contributed by atoms with Gasteiger partial charge < -0.3 is 9.64 Å². The molecule has 2 fully saturated rings. The van der Waals surface area contributed by atoms with Gasteiger partial charge in [0.2, 0.25) is 0 Å². The number of urea groups is 1. The van der Waals surface area contributed by atoms with Gasteiger partial charge in [-0.05, 0) is 74.2 Å². The maximum Gasteiger partial charge on any atom is 0.326 e. The molecule has 3 aromatic carbocycles. The molecule has 0 N–H and O–H groups in total. The Balaban J connectivity index is 1.43. The standard InChI is InChI=1S/C33H36Cl2FN5O2/c1-22(2)43-29-21-27(36)13-14-28(29)32-37-30(23-5-9-25(34)10-6-23)31(24-7-11-26(35)12-8-24)41(32)33(42)38-17-19-40(20-18-38)39-15-3-4-16-39/h5-14,21-22,30-31H,3-4,15-20H2,1-2H3. The van der Waals surface area contributed by atoms with Crippen LogP contribution < -0.4 is 4.74 Å². The second kappa shape index (κ2) is 12.8. The smallest absolute Gasteiger partial charge is 0.326 e. The number of hydrogen-bond donors (Lipinski definition) is 0. The largest absolute Gasteiger partial charge is 0.490 e. The molecule has 226 valence electrons. The van der Waals surface area contributed by atoms with Crippen molar-refractivity contribution < 1.29 is 13.9 Å². The SMILES string of the molecule is CC(C)Oc1cc(F)ccc1C1=NC(c2ccc(Cl)cc2)C(c2ccc(Cl)cc2)N1C(=O)N1CCN(N2CCCC2)CC1. The lowest BCUT2D eigenvalue weighted by molar-refractivity contribution is -0.0341. The predicted molar refractivity (Wildman–Crippen MR) is 168 cm³/mol. The Labute approximate surface area is 262 Å². The van der Waals surface area contributed by atoms with Crippen molar-refractivity contribution >= 4 is 35.1 Å². The van der Waals surface area contributed by atoms with Crippen LogP contribution in [0.25, 0.3) is 0 Å². The molecular weight excluding hydrogens is 588 g/mol. The van der Waals surface area contributed by atoms with Crippen molar-refractivity contribution in [3.05, 3.63) is 99.3 Å². The molecule has 3 aliphatic rings. The first kappa shape index (κ1) is 29.9. The minimum absolute atomic E-state index is 0.143. The molecule has 0 spiro atoms. The second-order valence-corrected chi connectivity index (χ2v) is 12.4. The van der Waals surface area contributed by atoms with Crippen LogP contribution in [0.1, 0.15) is 55.5 Å². The van der Waals surface area contributed by atoms with Crippen LogP contribution in [0.5, 0.6) is 5.75 Å². The van der Waals surface area contributed by atoms with Gasteiger partial charge in [-0.2, -0.15) is 0 Å². The minimum atomic E-state index is -0.477. The topological polar surface area (TPSA) is 51.6 Å². The monoisotopic (exact) mass is 623 g/mol. The Kier molecular flexibility index (Phi) is 8.91. The molecule has 3 aromatic rings. The summed E-state index contributed by atoms with van der Waals surface area (Å²) in [6, 6.07) is 18.4. The van der Waals surface area contributed by atoms with E-state index < -0.39 is 17.9 Å². The average Bonchev–Trinajstić information content (AvgIpc) is 3.67. The van der Waals surface area contributed by atoms with Crippen molar-refractivity contribution in [2.75, 3.05) is 39.3 Å². The molecule has 3 heterocycles. The molecule has 2 amide bonds. The number of ether oxygens (including phenoxy) is 1. The van der Waals surface area contributed by atoms with Crippen LogP contribution in [-0.2, 0) is 0 Å². The van der Waals surface area contributed by atoms with Crippen molar-refractivity contribution in [1.29, 1.82) is 0 Å². The predicted octanol–water partition coefficient (Wildman–Crippen LogP) is 7.21. The molecule has 6 rings (SSSR count). The van der Waals surface area contributed by atoms with Crippen LogP contribution in [0.4, 0.5) is 9.18 Å². The molecular formula is C33H36Cl2FN5O2. The van der Waals surface area contributed by atoms with Crippen LogP contribution in [0, 0.1) is 5.82 Å². The van der Waals surface area contributed by atoms with Gasteiger partial charge in [-0.1, -0.05) is 47.5 Å². The molecule has 3 aliphatic heterocycles. The van der Waals surface area contributed by atoms with Crippen molar-refractivity contribution in [3.63, 3.8) is 0 Å². The van der Waals surface area contributed by atoms with Crippen LogP contribution in [-0.4, -0.2) is 77.1 Å². The number of hydrazine groups is 1.